The van der Waals surface area contributed by atoms with Crippen LogP contribution in [0.25, 0.3) is 0 Å². The van der Waals surface area contributed by atoms with Gasteiger partial charge in [-0.25, -0.2) is 0 Å². The van der Waals surface area contributed by atoms with Crippen molar-refractivity contribution in [1.82, 2.24) is 0 Å². The molecule has 2 fully saturated rings. The minimum atomic E-state index is 0.380. The maximum atomic E-state index is 5.91. The lowest BCUT2D eigenvalue weighted by molar-refractivity contribution is -0.157. The molecule has 0 bridgehead atoms. The fourth-order valence-electron chi connectivity index (χ4n) is 3.76. The number of methoxy groups -OCH3 is 1. The van der Waals surface area contributed by atoms with E-state index < -0.39 is 0 Å². The van der Waals surface area contributed by atoms with Crippen molar-refractivity contribution in [2.75, 3.05) is 19.0 Å². The van der Waals surface area contributed by atoms with Crippen LogP contribution in [0.2, 0.25) is 0 Å². The van der Waals surface area contributed by atoms with Crippen molar-refractivity contribution in [2.45, 2.75) is 51.7 Å². The predicted molar refractivity (Wildman–Crippen MR) is 81.5 cm³/mol. The molecule has 2 atom stereocenters. The number of aryl methyl sites for hydroxylation is 1. The molecule has 2 saturated carbocycles. The molecule has 1 N–H and O–H groups in total. The van der Waals surface area contributed by atoms with Gasteiger partial charge in [0.2, 0.25) is 0 Å². The molecule has 0 aliphatic heterocycles. The van der Waals surface area contributed by atoms with E-state index in [1.165, 1.54) is 24.8 Å². The molecule has 1 spiro atoms. The monoisotopic (exact) mass is 275 g/mol. The molecule has 0 heterocycles. The van der Waals surface area contributed by atoms with Crippen LogP contribution in [0.3, 0.4) is 0 Å². The normalized spacial score (nSPS) is 26.8. The Bertz CT molecular complexity index is 482. The summed E-state index contributed by atoms with van der Waals surface area (Å²) >= 11 is 0. The summed E-state index contributed by atoms with van der Waals surface area (Å²) in [6, 6.07) is 6.85. The van der Waals surface area contributed by atoms with E-state index >= 15 is 0 Å². The third-order valence-electron chi connectivity index (χ3n) is 5.12. The predicted octanol–water partition coefficient (Wildman–Crippen LogP) is 3.76. The van der Waals surface area contributed by atoms with E-state index in [2.05, 4.69) is 31.3 Å². The maximum Gasteiger partial charge on any atom is 0.141 e. The highest BCUT2D eigenvalue weighted by Crippen LogP contribution is 2.58. The van der Waals surface area contributed by atoms with Crippen LogP contribution in [0.4, 0.5) is 5.69 Å². The number of rotatable bonds is 5. The molecular weight excluding hydrogens is 250 g/mol. The number of nitrogens with one attached hydrogen (secondary N) is 1. The summed E-state index contributed by atoms with van der Waals surface area (Å²) in [4.78, 5) is 0. The highest BCUT2D eigenvalue weighted by atomic mass is 16.5. The SMILES string of the molecule is CCOC1CC(Nc2cc(C)ccc2OC)C12CCC2. The molecule has 0 radical (unpaired) electrons. The minimum Gasteiger partial charge on any atom is -0.495 e. The first kappa shape index (κ1) is 13.7. The van der Waals surface area contributed by atoms with Crippen molar-refractivity contribution >= 4 is 5.69 Å². The molecule has 2 aliphatic rings. The van der Waals surface area contributed by atoms with Crippen molar-refractivity contribution in [3.05, 3.63) is 23.8 Å². The molecule has 0 amide bonds. The Balaban J connectivity index is 1.74. The topological polar surface area (TPSA) is 30.5 Å². The van der Waals surface area contributed by atoms with Gasteiger partial charge in [0.15, 0.2) is 0 Å². The molecular formula is C17H25NO2. The first-order valence-corrected chi connectivity index (χ1v) is 7.72. The van der Waals surface area contributed by atoms with Gasteiger partial charge in [0.05, 0.1) is 18.9 Å². The molecule has 3 heteroatoms. The first-order valence-electron chi connectivity index (χ1n) is 7.72. The van der Waals surface area contributed by atoms with Crippen molar-refractivity contribution in [1.29, 1.82) is 0 Å². The van der Waals surface area contributed by atoms with Crippen LogP contribution in [0.15, 0.2) is 18.2 Å². The molecule has 2 unspecified atom stereocenters. The van der Waals surface area contributed by atoms with Gasteiger partial charge in [0.1, 0.15) is 5.75 Å². The smallest absolute Gasteiger partial charge is 0.141 e. The summed E-state index contributed by atoms with van der Waals surface area (Å²) in [6.07, 6.45) is 5.50. The van der Waals surface area contributed by atoms with Crippen LogP contribution in [0.5, 0.6) is 5.75 Å². The average Bonchev–Trinajstić information content (AvgIpc) is 2.35. The van der Waals surface area contributed by atoms with Gasteiger partial charge in [-0.05, 0) is 50.8 Å². The lowest BCUT2D eigenvalue weighted by atomic mass is 9.51. The lowest BCUT2D eigenvalue weighted by Crippen LogP contribution is -2.64. The second kappa shape index (κ2) is 5.28. The van der Waals surface area contributed by atoms with E-state index in [-0.39, 0.29) is 0 Å². The van der Waals surface area contributed by atoms with Crippen LogP contribution in [0.1, 0.15) is 38.2 Å². The Kier molecular flexibility index (Phi) is 3.63. The van der Waals surface area contributed by atoms with Gasteiger partial charge in [0.25, 0.3) is 0 Å². The van der Waals surface area contributed by atoms with Gasteiger partial charge in [-0.15, -0.1) is 0 Å². The van der Waals surface area contributed by atoms with Crippen molar-refractivity contribution in [3.8, 4) is 5.75 Å². The molecule has 3 nitrogen and oxygen atoms in total. The molecule has 1 aromatic carbocycles. The molecule has 0 aromatic heterocycles. The summed E-state index contributed by atoms with van der Waals surface area (Å²) in [6.45, 7) is 5.04. The summed E-state index contributed by atoms with van der Waals surface area (Å²) in [5, 5.41) is 3.71. The van der Waals surface area contributed by atoms with Gasteiger partial charge in [-0.1, -0.05) is 12.5 Å². The van der Waals surface area contributed by atoms with Gasteiger partial charge >= 0.3 is 0 Å². The Hall–Kier alpha value is -1.22. The average molecular weight is 275 g/mol. The van der Waals surface area contributed by atoms with Gasteiger partial charge in [-0.3, -0.25) is 0 Å². The standard InChI is InChI=1S/C17H25NO2/c1-4-20-16-11-15(17(16)8-5-9-17)18-13-10-12(2)6-7-14(13)19-3/h6-7,10,15-16,18H,4-5,8-9,11H2,1-3H3. The van der Waals surface area contributed by atoms with Gasteiger partial charge in [0, 0.05) is 18.1 Å². The molecule has 20 heavy (non-hydrogen) atoms. The summed E-state index contributed by atoms with van der Waals surface area (Å²) < 4.78 is 11.4. The fraction of sp³-hybridized carbons (Fsp3) is 0.647. The summed E-state index contributed by atoms with van der Waals surface area (Å²) in [7, 11) is 1.73. The second-order valence-electron chi connectivity index (χ2n) is 6.17. The van der Waals surface area contributed by atoms with E-state index in [1.54, 1.807) is 7.11 Å². The highest BCUT2D eigenvalue weighted by Gasteiger charge is 2.59. The zero-order valence-electron chi connectivity index (χ0n) is 12.7. The number of hydrogen-bond acceptors (Lipinski definition) is 3. The van der Waals surface area contributed by atoms with E-state index in [4.69, 9.17) is 9.47 Å². The highest BCUT2D eigenvalue weighted by molar-refractivity contribution is 5.59. The Labute approximate surface area is 121 Å². The largest absolute Gasteiger partial charge is 0.495 e. The molecule has 110 valence electrons. The quantitative estimate of drug-likeness (QED) is 0.887. The maximum absolute atomic E-state index is 5.91. The Morgan fingerprint density at radius 3 is 2.75 bits per heavy atom. The third-order valence-corrected chi connectivity index (χ3v) is 5.12. The molecule has 0 saturated heterocycles. The summed E-state index contributed by atoms with van der Waals surface area (Å²) in [5.74, 6) is 0.935. The van der Waals surface area contributed by atoms with Gasteiger partial charge in [-0.2, -0.15) is 0 Å². The van der Waals surface area contributed by atoms with Crippen molar-refractivity contribution < 1.29 is 9.47 Å². The summed E-state index contributed by atoms with van der Waals surface area (Å²) in [5.41, 5.74) is 2.76. The van der Waals surface area contributed by atoms with Crippen LogP contribution in [-0.2, 0) is 4.74 Å². The van der Waals surface area contributed by atoms with Crippen LogP contribution >= 0.6 is 0 Å². The van der Waals surface area contributed by atoms with Crippen LogP contribution in [-0.4, -0.2) is 25.9 Å². The van der Waals surface area contributed by atoms with E-state index in [1.807, 2.05) is 6.07 Å². The number of anilines is 1. The lowest BCUT2D eigenvalue weighted by Gasteiger charge is -2.61. The fourth-order valence-corrected chi connectivity index (χ4v) is 3.76. The number of benzene rings is 1. The zero-order chi connectivity index (χ0) is 14.2. The number of hydrogen-bond donors (Lipinski definition) is 1. The second-order valence-corrected chi connectivity index (χ2v) is 6.17. The van der Waals surface area contributed by atoms with E-state index in [9.17, 15) is 0 Å². The third kappa shape index (κ3) is 2.08. The molecule has 1 aromatic rings. The Morgan fingerprint density at radius 1 is 1.35 bits per heavy atom. The molecule has 3 rings (SSSR count). The van der Waals surface area contributed by atoms with E-state index in [0.29, 0.717) is 17.6 Å². The molecule has 2 aliphatic carbocycles. The van der Waals surface area contributed by atoms with Crippen LogP contribution in [0, 0.1) is 12.3 Å². The van der Waals surface area contributed by atoms with Crippen molar-refractivity contribution in [2.24, 2.45) is 5.41 Å². The van der Waals surface area contributed by atoms with Gasteiger partial charge < -0.3 is 14.8 Å². The van der Waals surface area contributed by atoms with Crippen LogP contribution < -0.4 is 10.1 Å². The van der Waals surface area contributed by atoms with Crippen molar-refractivity contribution in [3.63, 3.8) is 0 Å². The Morgan fingerprint density at radius 2 is 2.15 bits per heavy atom. The first-order chi connectivity index (χ1) is 9.69. The number of ether oxygens (including phenoxy) is 2. The van der Waals surface area contributed by atoms with E-state index in [0.717, 1.165) is 24.5 Å². The zero-order valence-corrected chi connectivity index (χ0v) is 12.7. The minimum absolute atomic E-state index is 0.380.